The molecule has 1 aromatic heterocycles. The van der Waals surface area contributed by atoms with Crippen LogP contribution in [0.1, 0.15) is 23.2 Å². The Morgan fingerprint density at radius 1 is 1.32 bits per heavy atom. The third-order valence-corrected chi connectivity index (χ3v) is 4.72. The van der Waals surface area contributed by atoms with E-state index < -0.39 is 0 Å². The molecule has 1 aromatic carbocycles. The fraction of sp³-hybridized carbons (Fsp3) is 0.308. The van der Waals surface area contributed by atoms with Crippen molar-refractivity contribution in [1.82, 2.24) is 10.2 Å². The van der Waals surface area contributed by atoms with Gasteiger partial charge >= 0.3 is 0 Å². The quantitative estimate of drug-likeness (QED) is 0.655. The number of ketones is 1. The van der Waals surface area contributed by atoms with Gasteiger partial charge in [-0.25, -0.2) is 0 Å². The summed E-state index contributed by atoms with van der Waals surface area (Å²) >= 11 is 2.96. The highest BCUT2D eigenvalue weighted by Gasteiger charge is 2.22. The molecule has 0 unspecified atom stereocenters. The smallest absolute Gasteiger partial charge is 0.206 e. The number of anilines is 1. The molecule has 4 nitrogen and oxygen atoms in total. The van der Waals surface area contributed by atoms with E-state index in [1.165, 1.54) is 35.9 Å². The summed E-state index contributed by atoms with van der Waals surface area (Å²) in [6.07, 6.45) is 2.43. The number of hydrogen-bond donors (Lipinski definition) is 1. The second kappa shape index (κ2) is 5.71. The molecule has 2 aromatic rings. The van der Waals surface area contributed by atoms with Crippen molar-refractivity contribution in [3.05, 3.63) is 35.9 Å². The number of benzene rings is 1. The Morgan fingerprint density at radius 3 is 2.84 bits per heavy atom. The second-order valence-electron chi connectivity index (χ2n) is 4.37. The highest BCUT2D eigenvalue weighted by atomic mass is 32.2. The molecule has 0 amide bonds. The molecule has 98 valence electrons. The summed E-state index contributed by atoms with van der Waals surface area (Å²) in [7, 11) is 0. The maximum Gasteiger partial charge on any atom is 0.206 e. The number of nitrogens with one attached hydrogen (secondary N) is 1. The maximum absolute atomic E-state index is 11.9. The molecule has 0 spiro atoms. The molecule has 0 aliphatic heterocycles. The molecular weight excluding hydrogens is 278 g/mol. The molecule has 1 aliphatic carbocycles. The largest absolute Gasteiger partial charge is 0.357 e. The van der Waals surface area contributed by atoms with Gasteiger partial charge in [0.1, 0.15) is 0 Å². The van der Waals surface area contributed by atoms with Gasteiger partial charge in [0.05, 0.1) is 5.75 Å². The summed E-state index contributed by atoms with van der Waals surface area (Å²) in [5.41, 5.74) is 0.746. The van der Waals surface area contributed by atoms with Crippen LogP contribution in [0.15, 0.2) is 34.7 Å². The topological polar surface area (TPSA) is 54.9 Å². The first-order chi connectivity index (χ1) is 9.31. The molecule has 1 saturated carbocycles. The van der Waals surface area contributed by atoms with Gasteiger partial charge in [0.15, 0.2) is 10.1 Å². The molecule has 1 fully saturated rings. The monoisotopic (exact) mass is 291 g/mol. The lowest BCUT2D eigenvalue weighted by Gasteiger charge is -1.98. The van der Waals surface area contributed by atoms with Crippen LogP contribution in [-0.2, 0) is 0 Å². The average Bonchev–Trinajstić information content (AvgIpc) is 3.14. The van der Waals surface area contributed by atoms with Gasteiger partial charge in [-0.2, -0.15) is 0 Å². The second-order valence-corrected chi connectivity index (χ2v) is 6.57. The number of carbonyl (C=O) groups is 1. The maximum atomic E-state index is 11.9. The Morgan fingerprint density at radius 2 is 2.11 bits per heavy atom. The molecule has 3 rings (SSSR count). The van der Waals surface area contributed by atoms with Gasteiger partial charge in [0, 0.05) is 11.6 Å². The molecule has 0 bridgehead atoms. The number of aromatic nitrogens is 2. The first-order valence-corrected chi connectivity index (χ1v) is 7.92. The SMILES string of the molecule is O=C(CSc1nnc(NC2CC2)s1)c1ccccc1. The van der Waals surface area contributed by atoms with Gasteiger partial charge < -0.3 is 5.32 Å². The van der Waals surface area contributed by atoms with Crippen LogP contribution in [0.4, 0.5) is 5.13 Å². The van der Waals surface area contributed by atoms with Crippen LogP contribution in [0, 0.1) is 0 Å². The zero-order valence-electron chi connectivity index (χ0n) is 10.2. The van der Waals surface area contributed by atoms with Crippen LogP contribution in [0.5, 0.6) is 0 Å². The Kier molecular flexibility index (Phi) is 3.79. The van der Waals surface area contributed by atoms with Crippen molar-refractivity contribution < 1.29 is 4.79 Å². The first kappa shape index (κ1) is 12.6. The van der Waals surface area contributed by atoms with Crippen LogP contribution in [0.25, 0.3) is 0 Å². The van der Waals surface area contributed by atoms with E-state index in [-0.39, 0.29) is 5.78 Å². The predicted octanol–water partition coefficient (Wildman–Crippen LogP) is 3.09. The van der Waals surface area contributed by atoms with Crippen molar-refractivity contribution in [2.24, 2.45) is 0 Å². The Balaban J connectivity index is 1.54. The van der Waals surface area contributed by atoms with Crippen molar-refractivity contribution in [2.75, 3.05) is 11.1 Å². The molecule has 19 heavy (non-hydrogen) atoms. The normalized spacial score (nSPS) is 14.3. The third-order valence-electron chi connectivity index (χ3n) is 2.73. The molecule has 0 atom stereocenters. The highest BCUT2D eigenvalue weighted by molar-refractivity contribution is 8.01. The lowest BCUT2D eigenvalue weighted by Crippen LogP contribution is -2.01. The molecule has 6 heteroatoms. The Hall–Kier alpha value is -1.40. The van der Waals surface area contributed by atoms with E-state index in [2.05, 4.69) is 15.5 Å². The lowest BCUT2D eigenvalue weighted by molar-refractivity contribution is 0.102. The van der Waals surface area contributed by atoms with Crippen molar-refractivity contribution in [3.8, 4) is 0 Å². The molecule has 1 N–H and O–H groups in total. The highest BCUT2D eigenvalue weighted by Crippen LogP contribution is 2.30. The predicted molar refractivity (Wildman–Crippen MR) is 78.1 cm³/mol. The zero-order chi connectivity index (χ0) is 13.1. The number of carbonyl (C=O) groups excluding carboxylic acids is 1. The molecule has 1 aliphatic rings. The molecule has 0 saturated heterocycles. The minimum Gasteiger partial charge on any atom is -0.357 e. The average molecular weight is 291 g/mol. The van der Waals surface area contributed by atoms with Crippen LogP contribution in [-0.4, -0.2) is 27.8 Å². The van der Waals surface area contributed by atoms with E-state index in [9.17, 15) is 4.79 Å². The fourth-order valence-corrected chi connectivity index (χ4v) is 3.29. The minimum atomic E-state index is 0.123. The lowest BCUT2D eigenvalue weighted by atomic mass is 10.2. The zero-order valence-corrected chi connectivity index (χ0v) is 11.8. The summed E-state index contributed by atoms with van der Waals surface area (Å²) in [4.78, 5) is 11.9. The van der Waals surface area contributed by atoms with Crippen LogP contribution >= 0.6 is 23.1 Å². The summed E-state index contributed by atoms with van der Waals surface area (Å²) in [5.74, 6) is 0.528. The van der Waals surface area contributed by atoms with Crippen molar-refractivity contribution in [2.45, 2.75) is 23.2 Å². The van der Waals surface area contributed by atoms with Crippen molar-refractivity contribution >= 4 is 34.0 Å². The van der Waals surface area contributed by atoms with Crippen molar-refractivity contribution in [3.63, 3.8) is 0 Å². The van der Waals surface area contributed by atoms with Gasteiger partial charge in [0.2, 0.25) is 5.13 Å². The Labute approximate surface area is 119 Å². The number of rotatable bonds is 6. The van der Waals surface area contributed by atoms with E-state index in [0.29, 0.717) is 11.8 Å². The number of nitrogens with zero attached hydrogens (tertiary/aromatic N) is 2. The van der Waals surface area contributed by atoms with E-state index in [1.807, 2.05) is 30.3 Å². The number of hydrogen-bond acceptors (Lipinski definition) is 6. The molecule has 0 radical (unpaired) electrons. The van der Waals surface area contributed by atoms with Gasteiger partial charge in [-0.1, -0.05) is 53.4 Å². The van der Waals surface area contributed by atoms with E-state index in [4.69, 9.17) is 0 Å². The van der Waals surface area contributed by atoms with Crippen LogP contribution in [0.2, 0.25) is 0 Å². The van der Waals surface area contributed by atoms with Crippen LogP contribution < -0.4 is 5.32 Å². The van der Waals surface area contributed by atoms with Gasteiger partial charge in [-0.3, -0.25) is 4.79 Å². The molecule has 1 heterocycles. The van der Waals surface area contributed by atoms with E-state index in [0.717, 1.165) is 15.0 Å². The summed E-state index contributed by atoms with van der Waals surface area (Å²) in [6, 6.07) is 9.91. The van der Waals surface area contributed by atoms with Gasteiger partial charge in [0.25, 0.3) is 0 Å². The van der Waals surface area contributed by atoms with Gasteiger partial charge in [-0.05, 0) is 12.8 Å². The van der Waals surface area contributed by atoms with Crippen molar-refractivity contribution in [1.29, 1.82) is 0 Å². The number of Topliss-reactive ketones (excluding diaryl/α,β-unsaturated/α-hetero) is 1. The fourth-order valence-electron chi connectivity index (χ4n) is 1.56. The summed E-state index contributed by atoms with van der Waals surface area (Å²) in [6.45, 7) is 0. The standard InChI is InChI=1S/C13H13N3OS2/c17-11(9-4-2-1-3-5-9)8-18-13-16-15-12(19-13)14-10-6-7-10/h1-5,10H,6-8H2,(H,14,15). The summed E-state index contributed by atoms with van der Waals surface area (Å²) < 4.78 is 0.840. The molecular formula is C13H13N3OS2. The first-order valence-electron chi connectivity index (χ1n) is 6.12. The minimum absolute atomic E-state index is 0.123. The summed E-state index contributed by atoms with van der Waals surface area (Å²) in [5, 5.41) is 12.3. The number of thioether (sulfide) groups is 1. The van der Waals surface area contributed by atoms with E-state index >= 15 is 0 Å². The van der Waals surface area contributed by atoms with E-state index in [1.54, 1.807) is 0 Å². The Bertz CT molecular complexity index is 566. The van der Waals surface area contributed by atoms with Gasteiger partial charge in [-0.15, -0.1) is 10.2 Å². The third kappa shape index (κ3) is 3.54. The van der Waals surface area contributed by atoms with Crippen LogP contribution in [0.3, 0.4) is 0 Å².